The van der Waals surface area contributed by atoms with E-state index in [0.29, 0.717) is 0 Å². The van der Waals surface area contributed by atoms with Crippen LogP contribution < -0.4 is 0 Å². The molecule has 1 aromatic carbocycles. The van der Waals surface area contributed by atoms with E-state index in [0.717, 1.165) is 23.3 Å². The third kappa shape index (κ3) is 4.34. The van der Waals surface area contributed by atoms with Crippen molar-refractivity contribution < 1.29 is 4.42 Å². The Balaban J connectivity index is 1.87. The van der Waals surface area contributed by atoms with Gasteiger partial charge in [-0.2, -0.15) is 0 Å². The van der Waals surface area contributed by atoms with Crippen LogP contribution in [0.4, 0.5) is 0 Å². The third-order valence-electron chi connectivity index (χ3n) is 3.08. The Morgan fingerprint density at radius 2 is 1.84 bits per heavy atom. The van der Waals surface area contributed by atoms with Gasteiger partial charge in [0.15, 0.2) is 0 Å². The van der Waals surface area contributed by atoms with Crippen molar-refractivity contribution in [2.45, 2.75) is 39.0 Å². The molecule has 1 nitrogen and oxygen atoms in total. The first kappa shape index (κ1) is 13.5. The smallest absolute Gasteiger partial charge is 0.133 e. The van der Waals surface area contributed by atoms with E-state index in [-0.39, 0.29) is 0 Å². The van der Waals surface area contributed by atoms with Gasteiger partial charge in [0.05, 0.1) is 6.26 Å². The predicted molar refractivity (Wildman–Crippen MR) is 79.8 cm³/mol. The summed E-state index contributed by atoms with van der Waals surface area (Å²) in [6.07, 6.45) is 7.80. The molecular weight excluding hydrogens is 232 g/mol. The molecule has 0 saturated heterocycles. The molecule has 0 spiro atoms. The number of benzene rings is 1. The Labute approximate surface area is 115 Å². The summed E-state index contributed by atoms with van der Waals surface area (Å²) in [4.78, 5) is 0. The molecule has 0 atom stereocenters. The maximum absolute atomic E-state index is 5.36. The molecule has 2 rings (SSSR count). The second kappa shape index (κ2) is 7.48. The molecule has 98 valence electrons. The highest BCUT2D eigenvalue weighted by Gasteiger charge is 1.98. The van der Waals surface area contributed by atoms with E-state index in [1.807, 2.05) is 12.1 Å². The summed E-state index contributed by atoms with van der Waals surface area (Å²) in [5.74, 6) is 7.36. The normalized spacial score (nSPS) is 9.95. The van der Waals surface area contributed by atoms with Crippen LogP contribution >= 0.6 is 0 Å². The van der Waals surface area contributed by atoms with Crippen LogP contribution in [0.3, 0.4) is 0 Å². The Morgan fingerprint density at radius 1 is 1.00 bits per heavy atom. The molecule has 1 heteroatoms. The first-order valence-electron chi connectivity index (χ1n) is 7.03. The van der Waals surface area contributed by atoms with Crippen LogP contribution in [0.5, 0.6) is 0 Å². The number of hydrogen-bond donors (Lipinski definition) is 0. The van der Waals surface area contributed by atoms with E-state index < -0.39 is 0 Å². The van der Waals surface area contributed by atoms with Gasteiger partial charge in [-0.1, -0.05) is 50.2 Å². The summed E-state index contributed by atoms with van der Waals surface area (Å²) in [6, 6.07) is 12.1. The average Bonchev–Trinajstić information content (AvgIpc) is 2.97. The molecular formula is C18H20O. The van der Waals surface area contributed by atoms with Crippen molar-refractivity contribution >= 4 is 0 Å². The minimum Gasteiger partial charge on any atom is -0.464 e. The van der Waals surface area contributed by atoms with E-state index in [4.69, 9.17) is 4.42 Å². The van der Waals surface area contributed by atoms with Gasteiger partial charge >= 0.3 is 0 Å². The van der Waals surface area contributed by atoms with Crippen LogP contribution in [0, 0.1) is 11.8 Å². The van der Waals surface area contributed by atoms with Crippen LogP contribution in [-0.4, -0.2) is 0 Å². The lowest BCUT2D eigenvalue weighted by Crippen LogP contribution is -1.77. The van der Waals surface area contributed by atoms with Crippen molar-refractivity contribution in [1.29, 1.82) is 0 Å². The van der Waals surface area contributed by atoms with Crippen molar-refractivity contribution in [3.63, 3.8) is 0 Å². The van der Waals surface area contributed by atoms with Gasteiger partial charge in [0.1, 0.15) is 5.76 Å². The van der Waals surface area contributed by atoms with Gasteiger partial charge in [0, 0.05) is 17.5 Å². The second-order valence-electron chi connectivity index (χ2n) is 4.67. The monoisotopic (exact) mass is 252 g/mol. The molecule has 2 aromatic rings. The zero-order valence-electron chi connectivity index (χ0n) is 11.5. The fourth-order valence-corrected chi connectivity index (χ4v) is 1.97. The summed E-state index contributed by atoms with van der Waals surface area (Å²) in [5, 5.41) is 0. The lowest BCUT2D eigenvalue weighted by atomic mass is 10.1. The van der Waals surface area contributed by atoms with Gasteiger partial charge in [-0.25, -0.2) is 0 Å². The van der Waals surface area contributed by atoms with Crippen molar-refractivity contribution in [2.75, 3.05) is 0 Å². The van der Waals surface area contributed by atoms with E-state index in [1.54, 1.807) is 6.26 Å². The first-order valence-corrected chi connectivity index (χ1v) is 7.03. The van der Waals surface area contributed by atoms with E-state index in [2.05, 4.69) is 43.0 Å². The largest absolute Gasteiger partial charge is 0.464 e. The Hall–Kier alpha value is -1.94. The number of furan rings is 1. The van der Waals surface area contributed by atoms with Crippen molar-refractivity contribution in [2.24, 2.45) is 0 Å². The molecule has 0 fully saturated rings. The minimum atomic E-state index is 0.902. The van der Waals surface area contributed by atoms with E-state index in [1.165, 1.54) is 25.7 Å². The molecule has 0 unspecified atom stereocenters. The highest BCUT2D eigenvalue weighted by atomic mass is 16.3. The molecule has 0 aliphatic rings. The fraction of sp³-hybridized carbons (Fsp3) is 0.333. The van der Waals surface area contributed by atoms with Gasteiger partial charge in [0.25, 0.3) is 0 Å². The zero-order chi connectivity index (χ0) is 13.3. The van der Waals surface area contributed by atoms with Gasteiger partial charge < -0.3 is 4.42 Å². The van der Waals surface area contributed by atoms with Gasteiger partial charge in [-0.3, -0.25) is 0 Å². The molecule has 1 heterocycles. The van der Waals surface area contributed by atoms with Crippen LogP contribution in [0.25, 0.3) is 11.3 Å². The predicted octanol–water partition coefficient (Wildman–Crippen LogP) is 5.27. The lowest BCUT2D eigenvalue weighted by Gasteiger charge is -1.96. The Kier molecular flexibility index (Phi) is 5.31. The quantitative estimate of drug-likeness (QED) is 0.522. The summed E-state index contributed by atoms with van der Waals surface area (Å²) in [6.45, 7) is 2.23. The van der Waals surface area contributed by atoms with Crippen molar-refractivity contribution in [1.82, 2.24) is 0 Å². The van der Waals surface area contributed by atoms with Gasteiger partial charge in [0.2, 0.25) is 0 Å². The summed E-state index contributed by atoms with van der Waals surface area (Å²) in [7, 11) is 0. The maximum atomic E-state index is 5.36. The highest BCUT2D eigenvalue weighted by Crippen LogP contribution is 2.19. The molecule has 0 aliphatic heterocycles. The first-order chi connectivity index (χ1) is 9.40. The molecule has 1 aromatic heterocycles. The van der Waals surface area contributed by atoms with E-state index in [9.17, 15) is 0 Å². The molecule has 0 N–H and O–H groups in total. The second-order valence-corrected chi connectivity index (χ2v) is 4.67. The third-order valence-corrected chi connectivity index (χ3v) is 3.08. The van der Waals surface area contributed by atoms with Crippen molar-refractivity contribution in [3.8, 4) is 23.2 Å². The molecule has 0 saturated carbocycles. The number of unbranched alkanes of at least 4 members (excludes halogenated alkanes) is 4. The standard InChI is InChI=1S/C18H20O/c1-2-3-4-5-6-7-9-16-11-13-17(14-12-16)18-10-8-15-19-18/h8,10-15H,2-6H2,1H3. The SMILES string of the molecule is CCCCCCC#Cc1ccc(-c2ccco2)cc1. The van der Waals surface area contributed by atoms with Gasteiger partial charge in [-0.05, 0) is 30.7 Å². The maximum Gasteiger partial charge on any atom is 0.133 e. The Morgan fingerprint density at radius 3 is 2.53 bits per heavy atom. The van der Waals surface area contributed by atoms with Gasteiger partial charge in [-0.15, -0.1) is 0 Å². The van der Waals surface area contributed by atoms with Crippen LogP contribution in [0.2, 0.25) is 0 Å². The van der Waals surface area contributed by atoms with Crippen LogP contribution in [0.1, 0.15) is 44.6 Å². The average molecular weight is 252 g/mol. The molecule has 19 heavy (non-hydrogen) atoms. The summed E-state index contributed by atoms with van der Waals surface area (Å²) in [5.41, 5.74) is 2.17. The summed E-state index contributed by atoms with van der Waals surface area (Å²) < 4.78 is 5.36. The fourth-order valence-electron chi connectivity index (χ4n) is 1.97. The van der Waals surface area contributed by atoms with Crippen LogP contribution in [-0.2, 0) is 0 Å². The van der Waals surface area contributed by atoms with E-state index >= 15 is 0 Å². The van der Waals surface area contributed by atoms with Crippen molar-refractivity contribution in [3.05, 3.63) is 48.2 Å². The zero-order valence-corrected chi connectivity index (χ0v) is 11.5. The number of rotatable bonds is 5. The molecule has 0 aliphatic carbocycles. The number of hydrogen-bond acceptors (Lipinski definition) is 1. The summed E-state index contributed by atoms with van der Waals surface area (Å²) >= 11 is 0. The van der Waals surface area contributed by atoms with Crippen LogP contribution in [0.15, 0.2) is 47.1 Å². The molecule has 0 amide bonds. The molecule has 0 bridgehead atoms. The Bertz CT molecular complexity index is 523. The lowest BCUT2D eigenvalue weighted by molar-refractivity contribution is 0.582. The highest BCUT2D eigenvalue weighted by molar-refractivity contribution is 5.58. The minimum absolute atomic E-state index is 0.902. The topological polar surface area (TPSA) is 13.1 Å². The molecule has 0 radical (unpaired) electrons.